The zero-order valence-corrected chi connectivity index (χ0v) is 27.7. The van der Waals surface area contributed by atoms with E-state index in [1.54, 1.807) is 25.7 Å². The van der Waals surface area contributed by atoms with Gasteiger partial charge in [0.05, 0.1) is 0 Å². The second-order valence-electron chi connectivity index (χ2n) is 13.7. The summed E-state index contributed by atoms with van der Waals surface area (Å²) in [5.41, 5.74) is 3.79. The number of likely N-dealkylation sites (tertiary alicyclic amines) is 1. The molecule has 0 radical (unpaired) electrons. The number of hydrogen-bond acceptors (Lipinski definition) is 6. The highest BCUT2D eigenvalue weighted by Crippen LogP contribution is 2.44. The number of benzene rings is 2. The molecule has 0 saturated carbocycles. The summed E-state index contributed by atoms with van der Waals surface area (Å²) in [4.78, 5) is 55.2. The van der Waals surface area contributed by atoms with E-state index in [1.165, 1.54) is 0 Å². The molecular weight excluding hydrogens is 570 g/mol. The Morgan fingerprint density at radius 3 is 2.09 bits per heavy atom. The number of fused-ring (bicyclic) bond motifs is 3. The van der Waals surface area contributed by atoms with Crippen LogP contribution in [-0.2, 0) is 23.9 Å². The molecule has 2 aromatic rings. The molecule has 1 aliphatic heterocycles. The van der Waals surface area contributed by atoms with Gasteiger partial charge < -0.3 is 25.0 Å². The van der Waals surface area contributed by atoms with E-state index in [1.807, 2.05) is 52.0 Å². The van der Waals surface area contributed by atoms with Crippen LogP contribution in [0.25, 0.3) is 11.1 Å². The third kappa shape index (κ3) is 8.24. The molecule has 0 aromatic heterocycles. The number of esters is 1. The number of carbonyl (C=O) groups is 4. The Hall–Kier alpha value is -3.88. The molecule has 3 amide bonds. The summed E-state index contributed by atoms with van der Waals surface area (Å²) < 4.78 is 11.3. The van der Waals surface area contributed by atoms with E-state index < -0.39 is 41.7 Å². The minimum atomic E-state index is -0.909. The molecule has 0 unspecified atom stereocenters. The predicted molar refractivity (Wildman–Crippen MR) is 173 cm³/mol. The van der Waals surface area contributed by atoms with Crippen molar-refractivity contribution in [2.24, 2.45) is 11.8 Å². The molecule has 1 heterocycles. The van der Waals surface area contributed by atoms with Crippen LogP contribution in [0.1, 0.15) is 91.2 Å². The highest BCUT2D eigenvalue weighted by atomic mass is 16.6. The van der Waals surface area contributed by atoms with Crippen molar-refractivity contribution in [2.45, 2.75) is 104 Å². The lowest BCUT2D eigenvalue weighted by molar-refractivity contribution is -0.163. The molecule has 0 spiro atoms. The lowest BCUT2D eigenvalue weighted by atomic mass is 9.96. The van der Waals surface area contributed by atoms with Gasteiger partial charge in [-0.25, -0.2) is 9.59 Å². The summed E-state index contributed by atoms with van der Waals surface area (Å²) >= 11 is 0. The Labute approximate surface area is 267 Å². The van der Waals surface area contributed by atoms with Crippen LogP contribution < -0.4 is 10.6 Å². The van der Waals surface area contributed by atoms with Gasteiger partial charge in [0, 0.05) is 12.5 Å². The lowest BCUT2D eigenvalue weighted by Crippen LogP contribution is -2.57. The molecule has 1 saturated heterocycles. The van der Waals surface area contributed by atoms with Crippen molar-refractivity contribution in [3.05, 3.63) is 59.7 Å². The molecule has 4 atom stereocenters. The highest BCUT2D eigenvalue weighted by Gasteiger charge is 2.41. The third-order valence-corrected chi connectivity index (χ3v) is 8.65. The van der Waals surface area contributed by atoms with Crippen LogP contribution in [0.2, 0.25) is 0 Å². The van der Waals surface area contributed by atoms with Crippen LogP contribution in [0, 0.1) is 11.8 Å². The van der Waals surface area contributed by atoms with Gasteiger partial charge >= 0.3 is 12.1 Å². The maximum Gasteiger partial charge on any atom is 0.407 e. The zero-order chi connectivity index (χ0) is 32.9. The van der Waals surface area contributed by atoms with Crippen LogP contribution in [0.4, 0.5) is 4.79 Å². The molecule has 9 heteroatoms. The third-order valence-electron chi connectivity index (χ3n) is 8.65. The fraction of sp³-hybridized carbons (Fsp3) is 0.556. The standard InChI is InChI=1S/C36H49N3O6/c1-8-23(4)31(38-35(43)44-21-28-26-16-11-9-14-24(26)25-15-10-12-17-27(25)28)32(40)37-29(20-22(2)3)33(41)39-19-13-18-30(39)34(42)45-36(5,6)7/h9-12,14-17,22-23,28-31H,8,13,18-21H2,1-7H3,(H,37,40)(H,38,43)/t23-,29-,30-,31-/m0/s1. The van der Waals surface area contributed by atoms with E-state index in [-0.39, 0.29) is 30.3 Å². The number of alkyl carbamates (subject to hydrolysis) is 1. The molecule has 9 nitrogen and oxygen atoms in total. The van der Waals surface area contributed by atoms with Crippen molar-refractivity contribution < 1.29 is 28.7 Å². The topological polar surface area (TPSA) is 114 Å². The summed E-state index contributed by atoms with van der Waals surface area (Å²) in [6.07, 6.45) is 1.52. The van der Waals surface area contributed by atoms with Gasteiger partial charge in [0.2, 0.25) is 11.8 Å². The molecule has 2 aliphatic rings. The van der Waals surface area contributed by atoms with Crippen LogP contribution in [0.15, 0.2) is 48.5 Å². The molecule has 1 fully saturated rings. The number of amides is 3. The quantitative estimate of drug-likeness (QED) is 0.307. The second kappa shape index (κ2) is 14.5. The fourth-order valence-corrected chi connectivity index (χ4v) is 6.27. The van der Waals surface area contributed by atoms with Gasteiger partial charge in [0.25, 0.3) is 0 Å². The average molecular weight is 620 g/mol. The number of rotatable bonds is 11. The number of hydrogen-bond donors (Lipinski definition) is 2. The van der Waals surface area contributed by atoms with Crippen LogP contribution in [0.3, 0.4) is 0 Å². The predicted octanol–water partition coefficient (Wildman–Crippen LogP) is 5.80. The van der Waals surface area contributed by atoms with Gasteiger partial charge in [-0.05, 0) is 74.1 Å². The minimum absolute atomic E-state index is 0.0963. The lowest BCUT2D eigenvalue weighted by Gasteiger charge is -2.32. The number of ether oxygens (including phenoxy) is 2. The normalized spacial score (nSPS) is 18.0. The SMILES string of the molecule is CC[C@H](C)[C@H](NC(=O)OCC1c2ccccc2-c2ccccc21)C(=O)N[C@@H](CC(C)C)C(=O)N1CCC[C@H]1C(=O)OC(C)(C)C. The summed E-state index contributed by atoms with van der Waals surface area (Å²) in [6.45, 7) is 13.7. The van der Waals surface area contributed by atoms with Gasteiger partial charge in [0.1, 0.15) is 30.3 Å². The van der Waals surface area contributed by atoms with E-state index >= 15 is 0 Å². The first-order chi connectivity index (χ1) is 21.3. The first kappa shape index (κ1) is 34.0. The molecule has 1 aliphatic carbocycles. The zero-order valence-electron chi connectivity index (χ0n) is 27.7. The molecular formula is C36H49N3O6. The van der Waals surface area contributed by atoms with Crippen molar-refractivity contribution in [3.63, 3.8) is 0 Å². The summed E-state index contributed by atoms with van der Waals surface area (Å²) in [7, 11) is 0. The van der Waals surface area contributed by atoms with Gasteiger partial charge in [-0.2, -0.15) is 0 Å². The molecule has 4 rings (SSSR count). The molecule has 2 N–H and O–H groups in total. The van der Waals surface area contributed by atoms with E-state index in [9.17, 15) is 19.2 Å². The second-order valence-corrected chi connectivity index (χ2v) is 13.7. The van der Waals surface area contributed by atoms with Crippen molar-refractivity contribution in [1.82, 2.24) is 15.5 Å². The average Bonchev–Trinajstić information content (AvgIpc) is 3.60. The maximum absolute atomic E-state index is 13.8. The monoisotopic (exact) mass is 619 g/mol. The van der Waals surface area contributed by atoms with Gasteiger partial charge in [0.15, 0.2) is 0 Å². The van der Waals surface area contributed by atoms with Crippen molar-refractivity contribution >= 4 is 23.9 Å². The summed E-state index contributed by atoms with van der Waals surface area (Å²) in [6, 6.07) is 13.8. The van der Waals surface area contributed by atoms with E-state index in [0.29, 0.717) is 32.2 Å². The number of nitrogens with one attached hydrogen (secondary N) is 2. The molecule has 244 valence electrons. The maximum atomic E-state index is 13.8. The summed E-state index contributed by atoms with van der Waals surface area (Å²) in [5.74, 6) is -1.43. The van der Waals surface area contributed by atoms with E-state index in [0.717, 1.165) is 22.3 Å². The molecule has 45 heavy (non-hydrogen) atoms. The van der Waals surface area contributed by atoms with Crippen molar-refractivity contribution in [3.8, 4) is 11.1 Å². The van der Waals surface area contributed by atoms with Crippen molar-refractivity contribution in [1.29, 1.82) is 0 Å². The van der Waals surface area contributed by atoms with Crippen LogP contribution in [0.5, 0.6) is 0 Å². The Bertz CT molecular complexity index is 1340. The Balaban J connectivity index is 1.44. The number of nitrogens with zero attached hydrogens (tertiary/aromatic N) is 1. The van der Waals surface area contributed by atoms with E-state index in [4.69, 9.17) is 9.47 Å². The first-order valence-corrected chi connectivity index (χ1v) is 16.3. The largest absolute Gasteiger partial charge is 0.458 e. The fourth-order valence-electron chi connectivity index (χ4n) is 6.27. The Kier molecular flexibility index (Phi) is 10.9. The van der Waals surface area contributed by atoms with Crippen LogP contribution in [-0.4, -0.2) is 65.7 Å². The molecule has 0 bridgehead atoms. The van der Waals surface area contributed by atoms with Crippen molar-refractivity contribution in [2.75, 3.05) is 13.2 Å². The van der Waals surface area contributed by atoms with Crippen LogP contribution >= 0.6 is 0 Å². The van der Waals surface area contributed by atoms with Gasteiger partial charge in [-0.3, -0.25) is 9.59 Å². The Morgan fingerprint density at radius 1 is 0.933 bits per heavy atom. The number of carbonyl (C=O) groups excluding carboxylic acids is 4. The molecule has 2 aromatic carbocycles. The summed E-state index contributed by atoms with van der Waals surface area (Å²) in [5, 5.41) is 5.71. The van der Waals surface area contributed by atoms with Gasteiger partial charge in [-0.1, -0.05) is 82.6 Å². The highest BCUT2D eigenvalue weighted by molar-refractivity contribution is 5.93. The smallest absolute Gasteiger partial charge is 0.407 e. The Morgan fingerprint density at radius 2 is 1.53 bits per heavy atom. The first-order valence-electron chi connectivity index (χ1n) is 16.3. The van der Waals surface area contributed by atoms with Gasteiger partial charge in [-0.15, -0.1) is 0 Å². The van der Waals surface area contributed by atoms with E-state index in [2.05, 4.69) is 34.9 Å². The minimum Gasteiger partial charge on any atom is -0.458 e.